The number of carbonyl (C=O) groups excluding carboxylic acids is 1. The van der Waals surface area contributed by atoms with Gasteiger partial charge in [0.2, 0.25) is 0 Å². The van der Waals surface area contributed by atoms with Gasteiger partial charge in [0.05, 0.1) is 11.1 Å². The van der Waals surface area contributed by atoms with Gasteiger partial charge in [0, 0.05) is 30.2 Å². The molecule has 0 saturated heterocycles. The zero-order valence-corrected chi connectivity index (χ0v) is 20.1. The molecule has 1 aromatic heterocycles. The van der Waals surface area contributed by atoms with E-state index in [4.69, 9.17) is 0 Å². The number of halogens is 3. The number of nitrogens with zero attached hydrogens (tertiary/aromatic N) is 2. The van der Waals surface area contributed by atoms with E-state index in [2.05, 4.69) is 35.7 Å². The molecule has 0 bridgehead atoms. The van der Waals surface area contributed by atoms with Crippen LogP contribution in [0.15, 0.2) is 60.7 Å². The fraction of sp³-hybridized carbons (Fsp3) is 0.370. The van der Waals surface area contributed by atoms with Crippen molar-refractivity contribution < 1.29 is 18.0 Å². The molecule has 3 aromatic rings. The third-order valence-corrected chi connectivity index (χ3v) is 5.73. The van der Waals surface area contributed by atoms with Crippen LogP contribution in [-0.2, 0) is 12.7 Å². The van der Waals surface area contributed by atoms with Gasteiger partial charge in [-0.25, -0.2) is 0 Å². The van der Waals surface area contributed by atoms with E-state index in [-0.39, 0.29) is 5.69 Å². The molecule has 0 aliphatic rings. The van der Waals surface area contributed by atoms with Gasteiger partial charge in [-0.3, -0.25) is 4.79 Å². The molecule has 0 saturated carbocycles. The van der Waals surface area contributed by atoms with Gasteiger partial charge in [-0.15, -0.1) is 0 Å². The van der Waals surface area contributed by atoms with E-state index < -0.39 is 17.6 Å². The van der Waals surface area contributed by atoms with E-state index in [9.17, 15) is 18.0 Å². The summed E-state index contributed by atoms with van der Waals surface area (Å²) >= 11 is 0. The molecule has 1 N–H and O–H groups in total. The third-order valence-electron chi connectivity index (χ3n) is 5.73. The average molecular weight is 472 g/mol. The number of hydrogen-bond donors (Lipinski definition) is 1. The molecule has 1 heterocycles. The molecule has 0 radical (unpaired) electrons. The van der Waals surface area contributed by atoms with Crippen LogP contribution < -0.4 is 5.32 Å². The lowest BCUT2D eigenvalue weighted by Gasteiger charge is -2.20. The molecule has 4 nitrogen and oxygen atoms in total. The van der Waals surface area contributed by atoms with Crippen molar-refractivity contribution in [1.29, 1.82) is 0 Å². The summed E-state index contributed by atoms with van der Waals surface area (Å²) in [5, 5.41) is 2.64. The highest BCUT2D eigenvalue weighted by Gasteiger charge is 2.30. The minimum Gasteiger partial charge on any atom is -0.344 e. The summed E-state index contributed by atoms with van der Waals surface area (Å²) in [5.41, 5.74) is 2.46. The summed E-state index contributed by atoms with van der Waals surface area (Å²) < 4.78 is 41.3. The highest BCUT2D eigenvalue weighted by atomic mass is 19.4. The van der Waals surface area contributed by atoms with Crippen LogP contribution in [0.3, 0.4) is 0 Å². The number of amides is 1. The zero-order chi connectivity index (χ0) is 24.9. The summed E-state index contributed by atoms with van der Waals surface area (Å²) in [7, 11) is 2.11. The van der Waals surface area contributed by atoms with E-state index in [1.165, 1.54) is 12.1 Å². The Morgan fingerprint density at radius 2 is 1.76 bits per heavy atom. The molecular formula is C27H32F3N3O. The molecule has 0 spiro atoms. The van der Waals surface area contributed by atoms with Crippen LogP contribution in [0.25, 0.3) is 11.3 Å². The first-order valence-electron chi connectivity index (χ1n) is 11.5. The molecule has 2 aromatic carbocycles. The second-order valence-corrected chi connectivity index (χ2v) is 9.09. The van der Waals surface area contributed by atoms with Crippen molar-refractivity contribution in [3.63, 3.8) is 0 Å². The Labute approximate surface area is 199 Å². The molecule has 0 atom stereocenters. The topological polar surface area (TPSA) is 37.3 Å². The van der Waals surface area contributed by atoms with Crippen LogP contribution in [0, 0.1) is 12.8 Å². The van der Waals surface area contributed by atoms with Gasteiger partial charge in [-0.1, -0.05) is 50.2 Å². The van der Waals surface area contributed by atoms with Crippen molar-refractivity contribution in [3.05, 3.63) is 77.5 Å². The Kier molecular flexibility index (Phi) is 8.20. The Bertz CT molecular complexity index is 1100. The largest absolute Gasteiger partial charge is 0.416 e. The van der Waals surface area contributed by atoms with Crippen molar-refractivity contribution in [2.24, 2.45) is 5.92 Å². The fourth-order valence-corrected chi connectivity index (χ4v) is 4.20. The molecule has 3 rings (SSSR count). The van der Waals surface area contributed by atoms with Crippen LogP contribution in [0.1, 0.15) is 41.9 Å². The molecule has 0 aliphatic heterocycles. The van der Waals surface area contributed by atoms with E-state index in [1.807, 2.05) is 43.3 Å². The maximum Gasteiger partial charge on any atom is 0.416 e. The van der Waals surface area contributed by atoms with Gasteiger partial charge in [0.1, 0.15) is 0 Å². The Hall–Kier alpha value is -3.06. The first kappa shape index (κ1) is 25.6. The number of carbonyl (C=O) groups is 1. The van der Waals surface area contributed by atoms with Gasteiger partial charge in [0.15, 0.2) is 0 Å². The minimum absolute atomic E-state index is 0.114. The number of alkyl halides is 3. The SMILES string of the molecule is Cc1c(C(=O)Nc2cccc(C(F)(F)F)c2)cc(-c2ccccc2)n1CCCN(C)CC(C)C. The molecule has 0 fully saturated rings. The lowest BCUT2D eigenvalue weighted by Crippen LogP contribution is -2.25. The van der Waals surface area contributed by atoms with Crippen molar-refractivity contribution in [3.8, 4) is 11.3 Å². The van der Waals surface area contributed by atoms with Crippen molar-refractivity contribution in [1.82, 2.24) is 9.47 Å². The maximum atomic E-state index is 13.1. The first-order valence-corrected chi connectivity index (χ1v) is 11.5. The van der Waals surface area contributed by atoms with Crippen molar-refractivity contribution in [2.45, 2.75) is 39.9 Å². The lowest BCUT2D eigenvalue weighted by atomic mass is 10.1. The number of aromatic nitrogens is 1. The maximum absolute atomic E-state index is 13.1. The van der Waals surface area contributed by atoms with Gasteiger partial charge < -0.3 is 14.8 Å². The first-order chi connectivity index (χ1) is 16.1. The van der Waals surface area contributed by atoms with E-state index in [0.29, 0.717) is 11.5 Å². The molecular weight excluding hydrogens is 439 g/mol. The summed E-state index contributed by atoms with van der Waals surface area (Å²) in [4.78, 5) is 15.4. The number of nitrogens with one attached hydrogen (secondary N) is 1. The van der Waals surface area contributed by atoms with Crippen LogP contribution in [-0.4, -0.2) is 35.5 Å². The number of anilines is 1. The zero-order valence-electron chi connectivity index (χ0n) is 20.1. The monoisotopic (exact) mass is 471 g/mol. The van der Waals surface area contributed by atoms with Crippen LogP contribution in [0.5, 0.6) is 0 Å². The smallest absolute Gasteiger partial charge is 0.344 e. The van der Waals surface area contributed by atoms with Crippen LogP contribution in [0.4, 0.5) is 18.9 Å². The second kappa shape index (κ2) is 10.9. The average Bonchev–Trinajstić information content (AvgIpc) is 3.10. The number of hydrogen-bond acceptors (Lipinski definition) is 2. The van der Waals surface area contributed by atoms with Gasteiger partial charge >= 0.3 is 6.18 Å². The summed E-state index contributed by atoms with van der Waals surface area (Å²) in [6.45, 7) is 8.93. The minimum atomic E-state index is -4.47. The predicted molar refractivity (Wildman–Crippen MR) is 131 cm³/mol. The lowest BCUT2D eigenvalue weighted by molar-refractivity contribution is -0.137. The summed E-state index contributed by atoms with van der Waals surface area (Å²) in [6.07, 6.45) is -3.56. The summed E-state index contributed by atoms with van der Waals surface area (Å²) in [5.74, 6) is 0.161. The molecule has 0 aliphatic carbocycles. The van der Waals surface area contributed by atoms with Gasteiger partial charge in [0.25, 0.3) is 5.91 Å². The third kappa shape index (κ3) is 6.50. The highest BCUT2D eigenvalue weighted by molar-refractivity contribution is 6.06. The Morgan fingerprint density at radius 1 is 1.06 bits per heavy atom. The van der Waals surface area contributed by atoms with Crippen molar-refractivity contribution in [2.75, 3.05) is 25.5 Å². The molecule has 34 heavy (non-hydrogen) atoms. The quantitative estimate of drug-likeness (QED) is 0.376. The molecule has 7 heteroatoms. The van der Waals surface area contributed by atoms with E-state index >= 15 is 0 Å². The molecule has 0 unspecified atom stereocenters. The Balaban J connectivity index is 1.86. The highest BCUT2D eigenvalue weighted by Crippen LogP contribution is 2.31. The van der Waals surface area contributed by atoms with E-state index in [0.717, 1.165) is 55.1 Å². The van der Waals surface area contributed by atoms with Gasteiger partial charge in [-0.05, 0) is 62.7 Å². The molecule has 1 amide bonds. The standard InChI is InChI=1S/C27H32F3N3O/c1-19(2)18-32(4)14-9-15-33-20(3)24(17-25(33)21-10-6-5-7-11-21)26(34)31-23-13-8-12-22(16-23)27(28,29)30/h5-8,10-13,16-17,19H,9,14-15,18H2,1-4H3,(H,31,34). The number of benzene rings is 2. The predicted octanol–water partition coefficient (Wildman–Crippen LogP) is 6.71. The normalized spacial score (nSPS) is 11.9. The fourth-order valence-electron chi connectivity index (χ4n) is 4.20. The second-order valence-electron chi connectivity index (χ2n) is 9.09. The Morgan fingerprint density at radius 3 is 2.41 bits per heavy atom. The van der Waals surface area contributed by atoms with Crippen LogP contribution >= 0.6 is 0 Å². The molecule has 182 valence electrons. The number of rotatable bonds is 9. The summed E-state index contributed by atoms with van der Waals surface area (Å²) in [6, 6.07) is 16.3. The van der Waals surface area contributed by atoms with E-state index in [1.54, 1.807) is 0 Å². The van der Waals surface area contributed by atoms with Crippen molar-refractivity contribution >= 4 is 11.6 Å². The van der Waals surface area contributed by atoms with Gasteiger partial charge in [-0.2, -0.15) is 13.2 Å². The van der Waals surface area contributed by atoms with Crippen LogP contribution in [0.2, 0.25) is 0 Å².